The maximum absolute atomic E-state index is 12.2. The Hall–Kier alpha value is -2.65. The van der Waals surface area contributed by atoms with Crippen molar-refractivity contribution in [1.82, 2.24) is 24.9 Å². The Morgan fingerprint density at radius 1 is 1.33 bits per heavy atom. The molecule has 1 saturated heterocycles. The van der Waals surface area contributed by atoms with Crippen LogP contribution in [0.1, 0.15) is 12.8 Å². The molecular formula is C18H19N5O3S. The number of nitrogens with one attached hydrogen (secondary N) is 2. The summed E-state index contributed by atoms with van der Waals surface area (Å²) >= 11 is 1.25. The molecule has 140 valence electrons. The van der Waals surface area contributed by atoms with E-state index in [1.165, 1.54) is 22.3 Å². The Balaban J connectivity index is 1.51. The molecular weight excluding hydrogens is 366 g/mol. The summed E-state index contributed by atoms with van der Waals surface area (Å²) in [5.41, 5.74) is 1.05. The second-order valence-corrected chi connectivity index (χ2v) is 7.18. The van der Waals surface area contributed by atoms with Gasteiger partial charge in [-0.05, 0) is 12.8 Å². The number of rotatable bonds is 6. The lowest BCUT2D eigenvalue weighted by Gasteiger charge is -2.11. The van der Waals surface area contributed by atoms with Gasteiger partial charge in [-0.15, -0.1) is 0 Å². The van der Waals surface area contributed by atoms with E-state index in [1.807, 2.05) is 30.3 Å². The molecule has 8 nitrogen and oxygen atoms in total. The van der Waals surface area contributed by atoms with Crippen LogP contribution in [0.5, 0.6) is 0 Å². The Morgan fingerprint density at radius 3 is 2.96 bits per heavy atom. The van der Waals surface area contributed by atoms with Gasteiger partial charge in [0.1, 0.15) is 0 Å². The van der Waals surface area contributed by atoms with Crippen LogP contribution in [0.2, 0.25) is 0 Å². The van der Waals surface area contributed by atoms with Gasteiger partial charge in [0.2, 0.25) is 5.91 Å². The monoisotopic (exact) mass is 385 g/mol. The number of carbonyl (C=O) groups excluding carboxylic acids is 1. The molecule has 9 heteroatoms. The highest BCUT2D eigenvalue weighted by atomic mass is 32.2. The first kappa shape index (κ1) is 17.7. The third-order valence-corrected chi connectivity index (χ3v) is 5.18. The van der Waals surface area contributed by atoms with E-state index in [0.717, 1.165) is 25.0 Å². The number of thioether (sulfide) groups is 1. The quantitative estimate of drug-likeness (QED) is 0.623. The summed E-state index contributed by atoms with van der Waals surface area (Å²) < 4.78 is 7.01. The molecule has 27 heavy (non-hydrogen) atoms. The summed E-state index contributed by atoms with van der Waals surface area (Å²) in [6.07, 6.45) is 2.12. The number of hydrogen-bond acceptors (Lipinski definition) is 6. The number of benzene rings is 1. The van der Waals surface area contributed by atoms with Crippen LogP contribution in [0, 0.1) is 0 Å². The average Bonchev–Trinajstić information content (AvgIpc) is 3.33. The van der Waals surface area contributed by atoms with Crippen molar-refractivity contribution < 1.29 is 9.53 Å². The van der Waals surface area contributed by atoms with Crippen molar-refractivity contribution in [3.8, 4) is 11.4 Å². The van der Waals surface area contributed by atoms with E-state index >= 15 is 0 Å². The molecule has 0 radical (unpaired) electrons. The first-order chi connectivity index (χ1) is 13.2. The molecule has 0 spiro atoms. The van der Waals surface area contributed by atoms with Crippen LogP contribution in [0.15, 0.2) is 46.3 Å². The minimum atomic E-state index is -0.265. The number of amides is 1. The molecule has 1 aliphatic heterocycles. The third kappa shape index (κ3) is 4.20. The van der Waals surface area contributed by atoms with Gasteiger partial charge in [0.25, 0.3) is 5.56 Å². The summed E-state index contributed by atoms with van der Waals surface area (Å²) in [5, 5.41) is 6.06. The van der Waals surface area contributed by atoms with Crippen LogP contribution in [0.25, 0.3) is 17.0 Å². The number of H-pyrrole nitrogens is 1. The van der Waals surface area contributed by atoms with E-state index in [1.54, 1.807) is 0 Å². The predicted molar refractivity (Wildman–Crippen MR) is 102 cm³/mol. The molecule has 0 saturated carbocycles. The van der Waals surface area contributed by atoms with Gasteiger partial charge in [0.15, 0.2) is 16.6 Å². The van der Waals surface area contributed by atoms with Crippen LogP contribution in [0.4, 0.5) is 0 Å². The summed E-state index contributed by atoms with van der Waals surface area (Å²) in [4.78, 5) is 32.9. The van der Waals surface area contributed by atoms with E-state index in [9.17, 15) is 9.59 Å². The molecule has 0 bridgehead atoms. The molecule has 2 N–H and O–H groups in total. The number of hydrogen-bond donors (Lipinski definition) is 2. The summed E-state index contributed by atoms with van der Waals surface area (Å²) in [5.74, 6) is 0.600. The highest BCUT2D eigenvalue weighted by Crippen LogP contribution is 2.21. The van der Waals surface area contributed by atoms with Crippen molar-refractivity contribution in [3.63, 3.8) is 0 Å². The molecule has 4 rings (SSSR count). The molecule has 3 heterocycles. The zero-order valence-electron chi connectivity index (χ0n) is 14.6. The number of aromatic nitrogens is 4. The lowest BCUT2D eigenvalue weighted by molar-refractivity contribution is -0.119. The largest absolute Gasteiger partial charge is 0.376 e. The fourth-order valence-electron chi connectivity index (χ4n) is 2.91. The van der Waals surface area contributed by atoms with Crippen molar-refractivity contribution in [3.05, 3.63) is 46.8 Å². The smallest absolute Gasteiger partial charge is 0.266 e. The fraction of sp³-hybridized carbons (Fsp3) is 0.333. The maximum atomic E-state index is 12.2. The molecule has 3 aromatic rings. The van der Waals surface area contributed by atoms with E-state index in [0.29, 0.717) is 23.2 Å². The minimum Gasteiger partial charge on any atom is -0.376 e. The van der Waals surface area contributed by atoms with Gasteiger partial charge in [-0.3, -0.25) is 14.7 Å². The van der Waals surface area contributed by atoms with Gasteiger partial charge < -0.3 is 10.1 Å². The normalized spacial score (nSPS) is 16.7. The van der Waals surface area contributed by atoms with Crippen molar-refractivity contribution in [1.29, 1.82) is 0 Å². The molecule has 1 aliphatic rings. The SMILES string of the molecule is O=C(CSc1nc(-c2ccccc2)nc2cc(=O)[nH]n12)NC[C@H]1CCCO1. The molecule has 1 atom stereocenters. The first-order valence-corrected chi connectivity index (χ1v) is 9.74. The zero-order valence-corrected chi connectivity index (χ0v) is 15.4. The van der Waals surface area contributed by atoms with Gasteiger partial charge in [-0.1, -0.05) is 42.1 Å². The van der Waals surface area contributed by atoms with Crippen molar-refractivity contribution in [2.24, 2.45) is 0 Å². The minimum absolute atomic E-state index is 0.0990. The number of ether oxygens (including phenoxy) is 1. The van der Waals surface area contributed by atoms with Gasteiger partial charge in [0, 0.05) is 24.8 Å². The average molecular weight is 385 g/mol. The van der Waals surface area contributed by atoms with E-state index in [2.05, 4.69) is 20.4 Å². The van der Waals surface area contributed by atoms with Gasteiger partial charge in [-0.25, -0.2) is 14.5 Å². The third-order valence-electron chi connectivity index (χ3n) is 4.24. The first-order valence-electron chi connectivity index (χ1n) is 8.75. The standard InChI is InChI=1S/C18H19N5O3S/c24-15-9-14-20-17(12-5-2-1-3-6-12)21-18(23(14)22-15)27-11-16(25)19-10-13-7-4-8-26-13/h1-3,5-6,9,13H,4,7-8,10-11H2,(H,19,25)(H,22,24)/t13-/m1/s1. The van der Waals surface area contributed by atoms with Crippen LogP contribution in [0.3, 0.4) is 0 Å². The summed E-state index contributed by atoms with van der Waals surface area (Å²) in [7, 11) is 0. The lowest BCUT2D eigenvalue weighted by Crippen LogP contribution is -2.33. The number of aromatic amines is 1. The maximum Gasteiger partial charge on any atom is 0.266 e. The topological polar surface area (TPSA) is 101 Å². The number of fused-ring (bicyclic) bond motifs is 1. The van der Waals surface area contributed by atoms with Crippen LogP contribution in [-0.2, 0) is 9.53 Å². The fourth-order valence-corrected chi connectivity index (χ4v) is 3.69. The summed E-state index contributed by atoms with van der Waals surface area (Å²) in [6.45, 7) is 1.28. The Labute approximate surface area is 159 Å². The van der Waals surface area contributed by atoms with Gasteiger partial charge in [0.05, 0.1) is 11.9 Å². The molecule has 1 aromatic carbocycles. The Kier molecular flexibility index (Phi) is 5.21. The molecule has 1 fully saturated rings. The Bertz CT molecular complexity index is 995. The zero-order chi connectivity index (χ0) is 18.6. The lowest BCUT2D eigenvalue weighted by atomic mass is 10.2. The highest BCUT2D eigenvalue weighted by Gasteiger charge is 2.17. The van der Waals surface area contributed by atoms with Crippen molar-refractivity contribution in [2.45, 2.75) is 24.1 Å². The number of carbonyl (C=O) groups is 1. The molecule has 2 aromatic heterocycles. The molecule has 0 aliphatic carbocycles. The van der Waals surface area contributed by atoms with E-state index in [-0.39, 0.29) is 23.3 Å². The van der Waals surface area contributed by atoms with Gasteiger partial charge >= 0.3 is 0 Å². The molecule has 0 unspecified atom stereocenters. The second kappa shape index (κ2) is 7.93. The van der Waals surface area contributed by atoms with Crippen LogP contribution >= 0.6 is 11.8 Å². The van der Waals surface area contributed by atoms with E-state index < -0.39 is 0 Å². The predicted octanol–water partition coefficient (Wildman–Crippen LogP) is 1.47. The Morgan fingerprint density at radius 2 is 2.19 bits per heavy atom. The van der Waals surface area contributed by atoms with Crippen LogP contribution in [-0.4, -0.2) is 50.5 Å². The number of nitrogens with zero attached hydrogens (tertiary/aromatic N) is 3. The highest BCUT2D eigenvalue weighted by molar-refractivity contribution is 7.99. The van der Waals surface area contributed by atoms with Crippen LogP contribution < -0.4 is 10.9 Å². The van der Waals surface area contributed by atoms with Crippen molar-refractivity contribution >= 4 is 23.3 Å². The van der Waals surface area contributed by atoms with E-state index in [4.69, 9.17) is 4.74 Å². The molecule has 1 amide bonds. The van der Waals surface area contributed by atoms with Crippen molar-refractivity contribution in [2.75, 3.05) is 18.9 Å². The summed E-state index contributed by atoms with van der Waals surface area (Å²) in [6, 6.07) is 10.9. The van der Waals surface area contributed by atoms with Gasteiger partial charge in [-0.2, -0.15) is 0 Å². The second-order valence-electron chi connectivity index (χ2n) is 6.24.